The number of hydrogen-bond donors (Lipinski definition) is 0. The molecule has 0 aromatic carbocycles. The maximum Gasteiger partial charge on any atom is 0.354 e. The van der Waals surface area contributed by atoms with E-state index in [1.807, 2.05) is 12.1 Å². The minimum atomic E-state index is -0.651. The predicted octanol–water partition coefficient (Wildman–Crippen LogP) is 2.83. The van der Waals surface area contributed by atoms with Crippen LogP contribution in [0, 0.1) is 19.8 Å². The molecule has 0 spiro atoms. The predicted molar refractivity (Wildman–Crippen MR) is 108 cm³/mol. The molecule has 1 aliphatic rings. The van der Waals surface area contributed by atoms with E-state index in [1.165, 1.54) is 7.11 Å². The molecule has 0 bridgehead atoms. The number of carbonyl (C=O) groups excluding carboxylic acids is 3. The van der Waals surface area contributed by atoms with Gasteiger partial charge in [0.2, 0.25) is 5.91 Å². The Labute approximate surface area is 170 Å². The van der Waals surface area contributed by atoms with Gasteiger partial charge in [-0.25, -0.2) is 4.79 Å². The highest BCUT2D eigenvalue weighted by molar-refractivity contribution is 6.06. The van der Waals surface area contributed by atoms with Crippen molar-refractivity contribution in [2.45, 2.75) is 46.2 Å². The van der Waals surface area contributed by atoms with Crippen LogP contribution in [0.25, 0.3) is 0 Å². The summed E-state index contributed by atoms with van der Waals surface area (Å²) in [4.78, 5) is 44.3. The molecular weight excluding hydrogens is 370 g/mol. The van der Waals surface area contributed by atoms with Gasteiger partial charge in [0.15, 0.2) is 5.78 Å². The summed E-state index contributed by atoms with van der Waals surface area (Å²) in [6.45, 7) is 5.65. The molecule has 0 N–H and O–H groups in total. The minimum Gasteiger partial charge on any atom is -0.464 e. The van der Waals surface area contributed by atoms with Gasteiger partial charge in [-0.2, -0.15) is 0 Å². The molecule has 1 amide bonds. The Balaban J connectivity index is 1.95. The molecule has 1 saturated carbocycles. The lowest BCUT2D eigenvalue weighted by Gasteiger charge is -2.29. The average molecular weight is 397 g/mol. The first-order valence-electron chi connectivity index (χ1n) is 9.75. The molecule has 1 fully saturated rings. The zero-order chi connectivity index (χ0) is 21.3. The number of pyridine rings is 1. The summed E-state index contributed by atoms with van der Waals surface area (Å²) in [6.07, 6.45) is 5.08. The fourth-order valence-electron chi connectivity index (χ4n) is 3.73. The van der Waals surface area contributed by atoms with Crippen LogP contribution >= 0.6 is 0 Å². The number of esters is 1. The summed E-state index contributed by atoms with van der Waals surface area (Å²) in [6, 6.07) is 3.04. The maximum atomic E-state index is 13.5. The normalized spacial score (nSPS) is 14.4. The quantitative estimate of drug-likeness (QED) is 0.530. The Hall–Kier alpha value is -2.96. The second kappa shape index (κ2) is 8.19. The summed E-state index contributed by atoms with van der Waals surface area (Å²) in [5, 5.41) is 0. The van der Waals surface area contributed by atoms with Crippen molar-refractivity contribution < 1.29 is 19.1 Å². The third-order valence-electron chi connectivity index (χ3n) is 5.71. The molecule has 0 radical (unpaired) electrons. The second-order valence-corrected chi connectivity index (χ2v) is 7.62. The monoisotopic (exact) mass is 397 g/mol. The Kier molecular flexibility index (Phi) is 5.86. The van der Waals surface area contributed by atoms with Crippen molar-refractivity contribution in [2.75, 3.05) is 7.11 Å². The van der Waals surface area contributed by atoms with E-state index < -0.39 is 12.0 Å². The van der Waals surface area contributed by atoms with Crippen molar-refractivity contribution in [3.8, 4) is 0 Å². The van der Waals surface area contributed by atoms with E-state index in [1.54, 1.807) is 49.7 Å². The van der Waals surface area contributed by atoms with Gasteiger partial charge in [-0.1, -0.05) is 0 Å². The fraction of sp³-hybridized carbons (Fsp3) is 0.455. The van der Waals surface area contributed by atoms with E-state index in [0.717, 1.165) is 18.4 Å². The summed E-state index contributed by atoms with van der Waals surface area (Å²) >= 11 is 0. The first kappa shape index (κ1) is 20.8. The number of ketones is 1. The maximum absolute atomic E-state index is 13.5. The van der Waals surface area contributed by atoms with Crippen molar-refractivity contribution >= 4 is 17.7 Å². The van der Waals surface area contributed by atoms with E-state index in [2.05, 4.69) is 4.98 Å². The Bertz CT molecular complexity index is 945. The number of hydrogen-bond acceptors (Lipinski definition) is 5. The van der Waals surface area contributed by atoms with Crippen LogP contribution in [0.4, 0.5) is 0 Å². The third kappa shape index (κ3) is 3.95. The molecule has 29 heavy (non-hydrogen) atoms. The lowest BCUT2D eigenvalue weighted by Crippen LogP contribution is -2.43. The lowest BCUT2D eigenvalue weighted by molar-refractivity contribution is -0.134. The highest BCUT2D eigenvalue weighted by atomic mass is 16.5. The molecule has 7 nitrogen and oxygen atoms in total. The van der Waals surface area contributed by atoms with E-state index in [9.17, 15) is 14.4 Å². The van der Waals surface area contributed by atoms with Crippen LogP contribution in [0.15, 0.2) is 24.5 Å². The number of aromatic nitrogens is 2. The lowest BCUT2D eigenvalue weighted by atomic mass is 9.99. The van der Waals surface area contributed by atoms with Crippen LogP contribution in [0.3, 0.4) is 0 Å². The number of carbonyl (C=O) groups is 3. The summed E-state index contributed by atoms with van der Waals surface area (Å²) in [7, 11) is 3.05. The van der Waals surface area contributed by atoms with Gasteiger partial charge in [0, 0.05) is 43.2 Å². The van der Waals surface area contributed by atoms with E-state index in [0.29, 0.717) is 29.1 Å². The van der Waals surface area contributed by atoms with Crippen LogP contribution in [0.1, 0.15) is 57.4 Å². The zero-order valence-corrected chi connectivity index (χ0v) is 17.6. The number of rotatable bonds is 7. The van der Waals surface area contributed by atoms with Gasteiger partial charge >= 0.3 is 5.97 Å². The highest BCUT2D eigenvalue weighted by Gasteiger charge is 2.38. The largest absolute Gasteiger partial charge is 0.464 e. The minimum absolute atomic E-state index is 0.00194. The van der Waals surface area contributed by atoms with Crippen molar-refractivity contribution in [3.63, 3.8) is 0 Å². The van der Waals surface area contributed by atoms with Gasteiger partial charge in [-0.05, 0) is 56.9 Å². The topological polar surface area (TPSA) is 81.5 Å². The molecule has 1 unspecified atom stereocenters. The van der Waals surface area contributed by atoms with Gasteiger partial charge in [0.1, 0.15) is 5.69 Å². The first-order valence-corrected chi connectivity index (χ1v) is 9.75. The van der Waals surface area contributed by atoms with Gasteiger partial charge in [0.25, 0.3) is 0 Å². The van der Waals surface area contributed by atoms with Crippen molar-refractivity contribution in [2.24, 2.45) is 13.0 Å². The second-order valence-electron chi connectivity index (χ2n) is 7.62. The Morgan fingerprint density at radius 2 is 1.86 bits per heavy atom. The smallest absolute Gasteiger partial charge is 0.354 e. The van der Waals surface area contributed by atoms with Gasteiger partial charge in [-0.3, -0.25) is 14.6 Å². The molecule has 1 atom stereocenters. The number of methoxy groups -OCH3 is 1. The summed E-state index contributed by atoms with van der Waals surface area (Å²) in [5.74, 6) is -0.658. The Morgan fingerprint density at radius 1 is 1.24 bits per heavy atom. The first-order chi connectivity index (χ1) is 13.8. The standard InChI is InChI=1S/C22H27N3O4/c1-13-18(14(2)24(4)19(13)22(28)29-5)20(26)15(3)25(21(27)17-6-7-17)12-16-8-10-23-11-9-16/h8-11,15,17H,6-7,12H2,1-5H3. The van der Waals surface area contributed by atoms with Crippen LogP contribution in [0.5, 0.6) is 0 Å². The molecule has 2 aromatic heterocycles. The summed E-state index contributed by atoms with van der Waals surface area (Å²) in [5.41, 5.74) is 3.02. The van der Waals surface area contributed by atoms with Gasteiger partial charge in [-0.15, -0.1) is 0 Å². The number of amides is 1. The van der Waals surface area contributed by atoms with Crippen molar-refractivity contribution in [1.29, 1.82) is 0 Å². The van der Waals surface area contributed by atoms with Crippen LogP contribution in [-0.4, -0.2) is 45.3 Å². The molecule has 1 aliphatic carbocycles. The number of nitrogens with zero attached hydrogens (tertiary/aromatic N) is 3. The average Bonchev–Trinajstić information content (AvgIpc) is 3.53. The molecule has 2 aromatic rings. The number of ether oxygens (including phenoxy) is 1. The van der Waals surface area contributed by atoms with Crippen LogP contribution < -0.4 is 0 Å². The zero-order valence-electron chi connectivity index (χ0n) is 17.6. The molecular formula is C22H27N3O4. The van der Waals surface area contributed by atoms with Crippen LogP contribution in [0.2, 0.25) is 0 Å². The fourth-order valence-corrected chi connectivity index (χ4v) is 3.73. The molecule has 2 heterocycles. The Morgan fingerprint density at radius 3 is 2.41 bits per heavy atom. The van der Waals surface area contributed by atoms with Crippen molar-refractivity contribution in [3.05, 3.63) is 52.6 Å². The van der Waals surface area contributed by atoms with E-state index in [4.69, 9.17) is 4.74 Å². The van der Waals surface area contributed by atoms with Gasteiger partial charge < -0.3 is 14.2 Å². The van der Waals surface area contributed by atoms with Crippen LogP contribution in [-0.2, 0) is 23.1 Å². The van der Waals surface area contributed by atoms with Crippen molar-refractivity contribution in [1.82, 2.24) is 14.5 Å². The highest BCUT2D eigenvalue weighted by Crippen LogP contribution is 2.33. The van der Waals surface area contributed by atoms with Gasteiger partial charge in [0.05, 0.1) is 13.2 Å². The van der Waals surface area contributed by atoms with E-state index in [-0.39, 0.29) is 17.6 Å². The third-order valence-corrected chi connectivity index (χ3v) is 5.71. The molecule has 3 rings (SSSR count). The molecule has 0 aliphatic heterocycles. The molecule has 7 heteroatoms. The number of Topliss-reactive ketones (excluding diaryl/α,β-unsaturated/α-hetero) is 1. The molecule has 154 valence electrons. The van der Waals surface area contributed by atoms with E-state index >= 15 is 0 Å². The molecule has 0 saturated heterocycles. The summed E-state index contributed by atoms with van der Waals surface area (Å²) < 4.78 is 6.55. The SMILES string of the molecule is COC(=O)c1c(C)c(C(=O)C(C)N(Cc2ccncc2)C(=O)C2CC2)c(C)n1C.